The van der Waals surface area contributed by atoms with Gasteiger partial charge < -0.3 is 15.6 Å². The number of anilines is 1. The molecule has 0 saturated heterocycles. The van der Waals surface area contributed by atoms with Crippen LogP contribution in [0.4, 0.5) is 5.69 Å². The van der Waals surface area contributed by atoms with E-state index in [4.69, 9.17) is 15.6 Å². The third-order valence-electron chi connectivity index (χ3n) is 2.88. The summed E-state index contributed by atoms with van der Waals surface area (Å²) in [5.74, 6) is 0.0396. The second-order valence-corrected chi connectivity index (χ2v) is 4.41. The van der Waals surface area contributed by atoms with Gasteiger partial charge in [0, 0.05) is 5.69 Å². The molecule has 0 aliphatic heterocycles. The summed E-state index contributed by atoms with van der Waals surface area (Å²) < 4.78 is 5.74. The van der Waals surface area contributed by atoms with Gasteiger partial charge in [-0.25, -0.2) is 4.79 Å². The third-order valence-corrected chi connectivity index (χ3v) is 2.88. The quantitative estimate of drug-likeness (QED) is 0.835. The van der Waals surface area contributed by atoms with Crippen molar-refractivity contribution in [1.29, 1.82) is 0 Å². The maximum atomic E-state index is 10.9. The number of nitrogen functional groups attached to an aromatic ring is 1. The van der Waals surface area contributed by atoms with E-state index in [1.165, 1.54) is 12.1 Å². The summed E-state index contributed by atoms with van der Waals surface area (Å²) in [4.78, 5) is 15.3. The highest BCUT2D eigenvalue weighted by Gasteiger charge is 2.10. The number of aromatic carboxylic acids is 1. The summed E-state index contributed by atoms with van der Waals surface area (Å²) >= 11 is 0. The molecule has 0 spiro atoms. The lowest BCUT2D eigenvalue weighted by molar-refractivity contribution is 0.0697. The van der Waals surface area contributed by atoms with Gasteiger partial charge in [0.25, 0.3) is 0 Å². The predicted molar refractivity (Wildman–Crippen MR) is 76.2 cm³/mol. The lowest BCUT2D eigenvalue weighted by Gasteiger charge is -2.12. The Morgan fingerprint density at radius 1 is 1.30 bits per heavy atom. The number of carbonyl (C=O) groups is 1. The SMILES string of the molecule is CCc1nc(C)ccc1Oc1ccc(C(=O)O)cc1N. The van der Waals surface area contributed by atoms with Gasteiger partial charge in [-0.05, 0) is 43.7 Å². The monoisotopic (exact) mass is 272 g/mol. The standard InChI is InChI=1S/C15H16N2O3/c1-3-12-14(6-4-9(2)17-12)20-13-7-5-10(15(18)19)8-11(13)16/h4-8H,3,16H2,1-2H3,(H,18,19). The Bertz CT molecular complexity index is 654. The second-order valence-electron chi connectivity index (χ2n) is 4.41. The van der Waals surface area contributed by atoms with Gasteiger partial charge in [0.05, 0.1) is 16.9 Å². The van der Waals surface area contributed by atoms with Crippen LogP contribution in [-0.4, -0.2) is 16.1 Å². The summed E-state index contributed by atoms with van der Waals surface area (Å²) in [5.41, 5.74) is 8.00. The number of benzene rings is 1. The van der Waals surface area contributed by atoms with Crippen molar-refractivity contribution in [2.75, 3.05) is 5.73 Å². The molecule has 0 aliphatic carbocycles. The van der Waals surface area contributed by atoms with Crippen molar-refractivity contribution in [2.45, 2.75) is 20.3 Å². The molecule has 0 saturated carbocycles. The first kappa shape index (κ1) is 13.9. The number of hydrogen-bond acceptors (Lipinski definition) is 4. The molecular formula is C15H16N2O3. The van der Waals surface area contributed by atoms with E-state index in [2.05, 4.69) is 4.98 Å². The van der Waals surface area contributed by atoms with Crippen molar-refractivity contribution in [2.24, 2.45) is 0 Å². The molecule has 0 bridgehead atoms. The zero-order chi connectivity index (χ0) is 14.7. The van der Waals surface area contributed by atoms with Crippen molar-refractivity contribution in [3.63, 3.8) is 0 Å². The Hall–Kier alpha value is -2.56. The van der Waals surface area contributed by atoms with Gasteiger partial charge in [-0.2, -0.15) is 0 Å². The number of hydrogen-bond donors (Lipinski definition) is 2. The summed E-state index contributed by atoms with van der Waals surface area (Å²) in [7, 11) is 0. The number of nitrogens with zero attached hydrogens (tertiary/aromatic N) is 1. The molecule has 3 N–H and O–H groups in total. The fourth-order valence-corrected chi connectivity index (χ4v) is 1.84. The Morgan fingerprint density at radius 3 is 2.60 bits per heavy atom. The van der Waals surface area contributed by atoms with Gasteiger partial charge in [0.15, 0.2) is 0 Å². The molecule has 0 unspecified atom stereocenters. The van der Waals surface area contributed by atoms with Crippen LogP contribution in [0.25, 0.3) is 0 Å². The smallest absolute Gasteiger partial charge is 0.335 e. The van der Waals surface area contributed by atoms with Crippen LogP contribution in [0.3, 0.4) is 0 Å². The maximum absolute atomic E-state index is 10.9. The Morgan fingerprint density at radius 2 is 2.00 bits per heavy atom. The number of carboxylic acids is 1. The number of nitrogens with two attached hydrogens (primary N) is 1. The van der Waals surface area contributed by atoms with E-state index in [1.807, 2.05) is 26.0 Å². The maximum Gasteiger partial charge on any atom is 0.335 e. The highest BCUT2D eigenvalue weighted by Crippen LogP contribution is 2.30. The lowest BCUT2D eigenvalue weighted by atomic mass is 10.2. The topological polar surface area (TPSA) is 85.4 Å². The van der Waals surface area contributed by atoms with Crippen LogP contribution in [-0.2, 0) is 6.42 Å². The van der Waals surface area contributed by atoms with Gasteiger partial charge in [0.1, 0.15) is 11.5 Å². The lowest BCUT2D eigenvalue weighted by Crippen LogP contribution is -2.01. The second kappa shape index (κ2) is 5.61. The zero-order valence-electron chi connectivity index (χ0n) is 11.4. The number of aryl methyl sites for hydroxylation is 2. The summed E-state index contributed by atoms with van der Waals surface area (Å²) in [6, 6.07) is 8.09. The van der Waals surface area contributed by atoms with Crippen molar-refractivity contribution in [3.05, 3.63) is 47.3 Å². The molecule has 2 aromatic rings. The molecule has 0 aliphatic rings. The molecule has 0 radical (unpaired) electrons. The van der Waals surface area contributed by atoms with Crippen LogP contribution in [0.1, 0.15) is 28.7 Å². The number of ether oxygens (including phenoxy) is 1. The number of pyridine rings is 1. The minimum absolute atomic E-state index is 0.132. The third kappa shape index (κ3) is 2.88. The van der Waals surface area contributed by atoms with E-state index >= 15 is 0 Å². The molecule has 5 heteroatoms. The summed E-state index contributed by atoms with van der Waals surface area (Å²) in [5, 5.41) is 8.90. The minimum Gasteiger partial charge on any atom is -0.478 e. The number of rotatable bonds is 4. The number of carboxylic acid groups (broad SMARTS) is 1. The van der Waals surface area contributed by atoms with Crippen molar-refractivity contribution < 1.29 is 14.6 Å². The molecular weight excluding hydrogens is 256 g/mol. The molecule has 5 nitrogen and oxygen atoms in total. The van der Waals surface area contributed by atoms with Gasteiger partial charge in [0.2, 0.25) is 0 Å². The van der Waals surface area contributed by atoms with Crippen LogP contribution < -0.4 is 10.5 Å². The Kier molecular flexibility index (Phi) is 3.89. The normalized spacial score (nSPS) is 10.3. The van der Waals surface area contributed by atoms with Crippen LogP contribution >= 0.6 is 0 Å². The van der Waals surface area contributed by atoms with Gasteiger partial charge >= 0.3 is 5.97 Å². The molecule has 0 atom stereocenters. The fourth-order valence-electron chi connectivity index (χ4n) is 1.84. The van der Waals surface area contributed by atoms with E-state index in [0.717, 1.165) is 17.8 Å². The first-order chi connectivity index (χ1) is 9.51. The number of aromatic nitrogens is 1. The zero-order valence-corrected chi connectivity index (χ0v) is 11.4. The highest BCUT2D eigenvalue weighted by molar-refractivity contribution is 5.89. The average molecular weight is 272 g/mol. The first-order valence-corrected chi connectivity index (χ1v) is 6.28. The van der Waals surface area contributed by atoms with Crippen LogP contribution in [0.15, 0.2) is 30.3 Å². The summed E-state index contributed by atoms with van der Waals surface area (Å²) in [6.07, 6.45) is 0.740. The van der Waals surface area contributed by atoms with Crippen LogP contribution in [0.2, 0.25) is 0 Å². The van der Waals surface area contributed by atoms with Gasteiger partial charge in [-0.3, -0.25) is 4.98 Å². The van der Waals surface area contributed by atoms with E-state index in [-0.39, 0.29) is 11.3 Å². The predicted octanol–water partition coefficient (Wildman–Crippen LogP) is 3.03. The van der Waals surface area contributed by atoms with Gasteiger partial charge in [-0.15, -0.1) is 0 Å². The largest absolute Gasteiger partial charge is 0.478 e. The van der Waals surface area contributed by atoms with Crippen LogP contribution in [0, 0.1) is 6.92 Å². The van der Waals surface area contributed by atoms with E-state index in [9.17, 15) is 4.79 Å². The van der Waals surface area contributed by atoms with Crippen LogP contribution in [0.5, 0.6) is 11.5 Å². The van der Waals surface area contributed by atoms with Crippen molar-refractivity contribution in [1.82, 2.24) is 4.98 Å². The molecule has 20 heavy (non-hydrogen) atoms. The Labute approximate surface area is 117 Å². The molecule has 2 rings (SSSR count). The molecule has 0 fully saturated rings. The molecule has 1 aromatic heterocycles. The van der Waals surface area contributed by atoms with Gasteiger partial charge in [-0.1, -0.05) is 6.92 Å². The first-order valence-electron chi connectivity index (χ1n) is 6.28. The molecule has 0 amide bonds. The highest BCUT2D eigenvalue weighted by atomic mass is 16.5. The fraction of sp³-hybridized carbons (Fsp3) is 0.200. The molecule has 1 heterocycles. The van der Waals surface area contributed by atoms with E-state index in [1.54, 1.807) is 6.07 Å². The molecule has 1 aromatic carbocycles. The van der Waals surface area contributed by atoms with E-state index in [0.29, 0.717) is 11.5 Å². The summed E-state index contributed by atoms with van der Waals surface area (Å²) in [6.45, 7) is 3.91. The van der Waals surface area contributed by atoms with Crippen molar-refractivity contribution in [3.8, 4) is 11.5 Å². The minimum atomic E-state index is -1.02. The Balaban J connectivity index is 2.33. The van der Waals surface area contributed by atoms with Crippen molar-refractivity contribution >= 4 is 11.7 Å². The molecule has 104 valence electrons. The average Bonchev–Trinajstić information content (AvgIpc) is 2.42. The van der Waals surface area contributed by atoms with E-state index < -0.39 is 5.97 Å².